The Morgan fingerprint density at radius 2 is 1.74 bits per heavy atom. The quantitative estimate of drug-likeness (QED) is 0.541. The first-order chi connectivity index (χ1) is 11.9. The number of nitrogens with zero attached hydrogens (tertiary/aromatic N) is 1. The number of nitrogens with two attached hydrogens (primary N) is 1. The first-order valence-electron chi connectivity index (χ1n) is 8.88. The van der Waals surface area contributed by atoms with Gasteiger partial charge in [-0.1, -0.05) is 26.0 Å². The van der Waals surface area contributed by atoms with Gasteiger partial charge in [-0.15, -0.1) is 24.8 Å². The lowest BCUT2D eigenvalue weighted by atomic mass is 9.81. The SMILES string of the molecule is CCC(CC)(CN)C(=O)NCc1cccc(C(=O)NCCN(C)C)c1.Cl.Cl. The maximum atomic E-state index is 12.5. The van der Waals surface area contributed by atoms with Crippen molar-refractivity contribution >= 4 is 36.6 Å². The summed E-state index contributed by atoms with van der Waals surface area (Å²) < 4.78 is 0. The molecule has 0 aliphatic carbocycles. The molecule has 0 saturated carbocycles. The van der Waals surface area contributed by atoms with E-state index in [2.05, 4.69) is 10.6 Å². The maximum absolute atomic E-state index is 12.5. The number of hydrogen-bond acceptors (Lipinski definition) is 4. The number of hydrogen-bond donors (Lipinski definition) is 3. The van der Waals surface area contributed by atoms with Gasteiger partial charge in [-0.05, 0) is 44.6 Å². The molecule has 156 valence electrons. The molecular formula is C19H34Cl2N4O2. The lowest BCUT2D eigenvalue weighted by molar-refractivity contribution is -0.131. The Hall–Kier alpha value is -1.34. The van der Waals surface area contributed by atoms with E-state index < -0.39 is 5.41 Å². The normalized spacial score (nSPS) is 10.6. The molecule has 0 aliphatic heterocycles. The van der Waals surface area contributed by atoms with Gasteiger partial charge in [0.2, 0.25) is 5.91 Å². The predicted octanol–water partition coefficient (Wildman–Crippen LogP) is 2.20. The Balaban J connectivity index is 0. The minimum atomic E-state index is -0.513. The summed E-state index contributed by atoms with van der Waals surface area (Å²) >= 11 is 0. The summed E-state index contributed by atoms with van der Waals surface area (Å²) in [6.07, 6.45) is 1.42. The zero-order chi connectivity index (χ0) is 18.9. The third kappa shape index (κ3) is 8.47. The van der Waals surface area contributed by atoms with E-state index in [1.807, 2.05) is 51.0 Å². The van der Waals surface area contributed by atoms with Gasteiger partial charge in [0.15, 0.2) is 0 Å². The van der Waals surface area contributed by atoms with Crippen molar-refractivity contribution in [2.45, 2.75) is 33.2 Å². The fourth-order valence-electron chi connectivity index (χ4n) is 2.64. The highest BCUT2D eigenvalue weighted by Crippen LogP contribution is 2.25. The zero-order valence-electron chi connectivity index (χ0n) is 16.7. The molecule has 0 saturated heterocycles. The van der Waals surface area contributed by atoms with E-state index in [1.54, 1.807) is 6.07 Å². The molecule has 2 amide bonds. The van der Waals surface area contributed by atoms with Crippen molar-refractivity contribution in [3.05, 3.63) is 35.4 Å². The number of likely N-dealkylation sites (N-methyl/N-ethyl adjacent to an activating group) is 1. The lowest BCUT2D eigenvalue weighted by Gasteiger charge is -2.28. The predicted molar refractivity (Wildman–Crippen MR) is 116 cm³/mol. The van der Waals surface area contributed by atoms with Gasteiger partial charge in [-0.3, -0.25) is 9.59 Å². The van der Waals surface area contributed by atoms with Crippen LogP contribution in [0.15, 0.2) is 24.3 Å². The summed E-state index contributed by atoms with van der Waals surface area (Å²) in [4.78, 5) is 26.7. The van der Waals surface area contributed by atoms with Gasteiger partial charge < -0.3 is 21.3 Å². The molecule has 1 aromatic rings. The van der Waals surface area contributed by atoms with Crippen LogP contribution in [0.5, 0.6) is 0 Å². The van der Waals surface area contributed by atoms with E-state index in [1.165, 1.54) is 0 Å². The van der Waals surface area contributed by atoms with Crippen molar-refractivity contribution in [3.8, 4) is 0 Å². The molecule has 0 unspecified atom stereocenters. The summed E-state index contributed by atoms with van der Waals surface area (Å²) in [5.41, 5.74) is 6.79. The van der Waals surface area contributed by atoms with E-state index in [9.17, 15) is 9.59 Å². The van der Waals surface area contributed by atoms with Gasteiger partial charge in [0.1, 0.15) is 0 Å². The molecule has 0 spiro atoms. The van der Waals surface area contributed by atoms with Crippen molar-refractivity contribution < 1.29 is 9.59 Å². The van der Waals surface area contributed by atoms with Crippen LogP contribution in [0.1, 0.15) is 42.6 Å². The molecule has 8 heteroatoms. The summed E-state index contributed by atoms with van der Waals surface area (Å²) in [7, 11) is 3.92. The molecule has 1 aromatic carbocycles. The smallest absolute Gasteiger partial charge is 0.251 e. The van der Waals surface area contributed by atoms with E-state index in [0.29, 0.717) is 38.0 Å². The molecule has 4 N–H and O–H groups in total. The molecule has 0 aromatic heterocycles. The van der Waals surface area contributed by atoms with Crippen molar-refractivity contribution in [1.82, 2.24) is 15.5 Å². The van der Waals surface area contributed by atoms with Gasteiger partial charge in [-0.25, -0.2) is 0 Å². The Morgan fingerprint density at radius 3 is 2.26 bits per heavy atom. The summed E-state index contributed by atoms with van der Waals surface area (Å²) in [5, 5.41) is 5.85. The number of carbonyl (C=O) groups excluding carboxylic acids is 2. The van der Waals surface area contributed by atoms with E-state index in [-0.39, 0.29) is 36.6 Å². The number of nitrogens with one attached hydrogen (secondary N) is 2. The van der Waals surface area contributed by atoms with Crippen LogP contribution in [0.25, 0.3) is 0 Å². The summed E-state index contributed by atoms with van der Waals surface area (Å²) in [5.74, 6) is -0.130. The van der Waals surface area contributed by atoms with Gasteiger partial charge in [-0.2, -0.15) is 0 Å². The van der Waals surface area contributed by atoms with Crippen LogP contribution in [-0.2, 0) is 11.3 Å². The van der Waals surface area contributed by atoms with E-state index in [0.717, 1.165) is 12.1 Å². The van der Waals surface area contributed by atoms with Crippen LogP contribution in [0.4, 0.5) is 0 Å². The van der Waals surface area contributed by atoms with Crippen molar-refractivity contribution in [1.29, 1.82) is 0 Å². The van der Waals surface area contributed by atoms with Crippen molar-refractivity contribution in [2.24, 2.45) is 11.1 Å². The van der Waals surface area contributed by atoms with Crippen molar-refractivity contribution in [2.75, 3.05) is 33.7 Å². The second-order valence-corrected chi connectivity index (χ2v) is 6.63. The van der Waals surface area contributed by atoms with Crippen LogP contribution in [0.2, 0.25) is 0 Å². The van der Waals surface area contributed by atoms with Crippen LogP contribution in [0.3, 0.4) is 0 Å². The van der Waals surface area contributed by atoms with Crippen LogP contribution in [-0.4, -0.2) is 50.4 Å². The van der Waals surface area contributed by atoms with Crippen LogP contribution in [0, 0.1) is 5.41 Å². The number of rotatable bonds is 10. The largest absolute Gasteiger partial charge is 0.352 e. The first-order valence-corrected chi connectivity index (χ1v) is 8.88. The standard InChI is InChI=1S/C19H32N4O2.2ClH/c1-5-19(6-2,14-20)18(25)22-13-15-8-7-9-16(12-15)17(24)21-10-11-23(3)4;;/h7-9,12H,5-6,10-11,13-14,20H2,1-4H3,(H,21,24)(H,22,25);2*1H. The second-order valence-electron chi connectivity index (χ2n) is 6.63. The zero-order valence-corrected chi connectivity index (χ0v) is 18.3. The maximum Gasteiger partial charge on any atom is 0.251 e. The van der Waals surface area contributed by atoms with Gasteiger partial charge >= 0.3 is 0 Å². The molecule has 0 bridgehead atoms. The number of halogens is 2. The molecule has 0 aliphatic rings. The number of amides is 2. The molecule has 1 rings (SSSR count). The minimum absolute atomic E-state index is 0. The highest BCUT2D eigenvalue weighted by molar-refractivity contribution is 5.94. The third-order valence-corrected chi connectivity index (χ3v) is 4.71. The molecule has 0 heterocycles. The first kappa shape index (κ1) is 27.9. The van der Waals surface area contributed by atoms with Gasteiger partial charge in [0.25, 0.3) is 5.91 Å². The molecule has 0 radical (unpaired) electrons. The van der Waals surface area contributed by atoms with Gasteiger partial charge in [0.05, 0.1) is 5.41 Å². The monoisotopic (exact) mass is 420 g/mol. The molecule has 0 atom stereocenters. The summed E-state index contributed by atoms with van der Waals surface area (Å²) in [6.45, 7) is 6.07. The van der Waals surface area contributed by atoms with Crippen molar-refractivity contribution in [3.63, 3.8) is 0 Å². The fourth-order valence-corrected chi connectivity index (χ4v) is 2.64. The van der Waals surface area contributed by atoms with Crippen LogP contribution < -0.4 is 16.4 Å². The minimum Gasteiger partial charge on any atom is -0.352 e. The highest BCUT2D eigenvalue weighted by Gasteiger charge is 2.32. The Kier molecular flexibility index (Phi) is 14.2. The Labute approximate surface area is 175 Å². The Morgan fingerprint density at radius 1 is 1.11 bits per heavy atom. The van der Waals surface area contributed by atoms with E-state index in [4.69, 9.17) is 5.73 Å². The highest BCUT2D eigenvalue weighted by atomic mass is 35.5. The third-order valence-electron chi connectivity index (χ3n) is 4.71. The van der Waals surface area contributed by atoms with E-state index >= 15 is 0 Å². The molecular weight excluding hydrogens is 387 g/mol. The second kappa shape index (κ2) is 13.8. The lowest BCUT2D eigenvalue weighted by Crippen LogP contribution is -2.45. The number of benzene rings is 1. The van der Waals surface area contributed by atoms with Gasteiger partial charge in [0, 0.05) is 31.7 Å². The fraction of sp³-hybridized carbons (Fsp3) is 0.579. The summed E-state index contributed by atoms with van der Waals surface area (Å²) in [6, 6.07) is 7.32. The average molecular weight is 421 g/mol. The molecule has 27 heavy (non-hydrogen) atoms. The molecule has 0 fully saturated rings. The Bertz CT molecular complexity index is 570. The topological polar surface area (TPSA) is 87.5 Å². The number of carbonyl (C=O) groups is 2. The molecule has 6 nitrogen and oxygen atoms in total. The van der Waals surface area contributed by atoms with Crippen LogP contribution >= 0.6 is 24.8 Å². The average Bonchev–Trinajstić information content (AvgIpc) is 2.61.